The third-order valence-electron chi connectivity index (χ3n) is 7.88. The second-order valence-electron chi connectivity index (χ2n) is 11.1. The van der Waals surface area contributed by atoms with Gasteiger partial charge in [-0.05, 0) is 61.1 Å². The minimum Gasteiger partial charge on any atom is -0.352 e. The minimum absolute atomic E-state index is 0.0752. The molecule has 41 heavy (non-hydrogen) atoms. The fraction of sp³-hybridized carbons (Fsp3) is 0.394. The van der Waals surface area contributed by atoms with Gasteiger partial charge in [-0.1, -0.05) is 86.0 Å². The van der Waals surface area contributed by atoms with E-state index in [9.17, 15) is 18.0 Å². The zero-order valence-corrected chi connectivity index (χ0v) is 25.1. The van der Waals surface area contributed by atoms with Crippen molar-refractivity contribution in [2.75, 3.05) is 17.1 Å². The van der Waals surface area contributed by atoms with Crippen molar-refractivity contribution in [1.29, 1.82) is 0 Å². The van der Waals surface area contributed by atoms with E-state index in [-0.39, 0.29) is 18.5 Å². The molecule has 3 aromatic rings. The van der Waals surface area contributed by atoms with E-state index in [1.54, 1.807) is 17.0 Å². The van der Waals surface area contributed by atoms with Crippen molar-refractivity contribution < 1.29 is 18.0 Å². The van der Waals surface area contributed by atoms with Crippen LogP contribution in [-0.4, -0.2) is 50.0 Å². The van der Waals surface area contributed by atoms with Gasteiger partial charge >= 0.3 is 0 Å². The first-order valence-corrected chi connectivity index (χ1v) is 16.2. The summed E-state index contributed by atoms with van der Waals surface area (Å²) in [5, 5.41) is 3.22. The largest absolute Gasteiger partial charge is 0.352 e. The highest BCUT2D eigenvalue weighted by Crippen LogP contribution is 2.24. The molecule has 218 valence electrons. The van der Waals surface area contributed by atoms with Gasteiger partial charge in [0.05, 0.1) is 11.9 Å². The molecule has 1 saturated carbocycles. The molecule has 0 saturated heterocycles. The first kappa shape index (κ1) is 30.3. The molecule has 1 fully saturated rings. The third-order valence-corrected chi connectivity index (χ3v) is 9.02. The quantitative estimate of drug-likeness (QED) is 0.342. The second kappa shape index (κ2) is 13.8. The molecule has 8 heteroatoms. The summed E-state index contributed by atoms with van der Waals surface area (Å²) in [4.78, 5) is 29.7. The average molecular weight is 576 g/mol. The molecule has 4 rings (SSSR count). The number of hydrogen-bond acceptors (Lipinski definition) is 4. The molecule has 0 heterocycles. The lowest BCUT2D eigenvalue weighted by Crippen LogP contribution is -2.55. The zero-order valence-electron chi connectivity index (χ0n) is 24.3. The fourth-order valence-corrected chi connectivity index (χ4v) is 6.21. The Hall–Kier alpha value is -3.65. The van der Waals surface area contributed by atoms with E-state index in [1.165, 1.54) is 0 Å². The summed E-state index contributed by atoms with van der Waals surface area (Å²) < 4.78 is 27.1. The van der Waals surface area contributed by atoms with Gasteiger partial charge in [0.15, 0.2) is 0 Å². The highest BCUT2D eigenvalue weighted by molar-refractivity contribution is 7.92. The number of carbonyl (C=O) groups is 2. The monoisotopic (exact) mass is 575 g/mol. The number of nitrogens with one attached hydrogen (secondary N) is 1. The van der Waals surface area contributed by atoms with Crippen LogP contribution in [-0.2, 0) is 32.6 Å². The molecule has 0 unspecified atom stereocenters. The van der Waals surface area contributed by atoms with Gasteiger partial charge in [-0.3, -0.25) is 13.9 Å². The van der Waals surface area contributed by atoms with Crippen LogP contribution in [0.5, 0.6) is 0 Å². The van der Waals surface area contributed by atoms with Crippen molar-refractivity contribution in [3.8, 4) is 0 Å². The molecule has 1 aliphatic carbocycles. The molecule has 2 amide bonds. The highest BCUT2D eigenvalue weighted by Gasteiger charge is 2.34. The summed E-state index contributed by atoms with van der Waals surface area (Å²) >= 11 is 0. The predicted octanol–water partition coefficient (Wildman–Crippen LogP) is 5.16. The van der Waals surface area contributed by atoms with Crippen molar-refractivity contribution in [2.45, 2.75) is 71.0 Å². The lowest BCUT2D eigenvalue weighted by atomic mass is 9.94. The van der Waals surface area contributed by atoms with E-state index >= 15 is 0 Å². The first-order valence-electron chi connectivity index (χ1n) is 14.3. The van der Waals surface area contributed by atoms with Crippen molar-refractivity contribution in [3.63, 3.8) is 0 Å². The molecule has 0 bridgehead atoms. The molecule has 1 atom stereocenters. The lowest BCUT2D eigenvalue weighted by Gasteiger charge is -2.35. The van der Waals surface area contributed by atoms with Crippen molar-refractivity contribution in [1.82, 2.24) is 10.2 Å². The summed E-state index contributed by atoms with van der Waals surface area (Å²) in [5.74, 6) is -0.639. The maximum atomic E-state index is 14.2. The van der Waals surface area contributed by atoms with E-state index < -0.39 is 28.5 Å². The molecule has 0 aliphatic heterocycles. The number of sulfonamides is 1. The van der Waals surface area contributed by atoms with E-state index in [0.29, 0.717) is 12.1 Å². The van der Waals surface area contributed by atoms with Gasteiger partial charge in [0, 0.05) is 19.0 Å². The van der Waals surface area contributed by atoms with E-state index in [1.807, 2.05) is 80.6 Å². The number of rotatable bonds is 11. The van der Waals surface area contributed by atoms with E-state index in [2.05, 4.69) is 5.32 Å². The highest BCUT2D eigenvalue weighted by atomic mass is 32.2. The molecule has 0 spiro atoms. The Balaban J connectivity index is 1.71. The summed E-state index contributed by atoms with van der Waals surface area (Å²) in [6.45, 7) is 3.64. The Morgan fingerprint density at radius 1 is 0.854 bits per heavy atom. The summed E-state index contributed by atoms with van der Waals surface area (Å²) in [5.41, 5.74) is 4.17. The molecule has 7 nitrogen and oxygen atoms in total. The molecule has 0 aromatic heterocycles. The number of aryl methyl sites for hydroxylation is 2. The molecule has 1 N–H and O–H groups in total. The van der Waals surface area contributed by atoms with Crippen LogP contribution in [0.2, 0.25) is 0 Å². The second-order valence-corrected chi connectivity index (χ2v) is 13.0. The molecule has 1 aliphatic rings. The van der Waals surface area contributed by atoms with Crippen LogP contribution in [0, 0.1) is 13.8 Å². The standard InChI is InChI=1S/C33H41N3O4S/c1-25-19-20-30(21-26(25)2)36(41(3,39)40)24-32(37)35(23-28-15-9-5-10-16-28)31(22-27-13-7-4-8-14-27)33(38)34-29-17-11-6-12-18-29/h4-5,7-10,13-16,19-21,29,31H,6,11-12,17-18,22-24H2,1-3H3,(H,34,38)/t31-/m1/s1. The van der Waals surface area contributed by atoms with Crippen LogP contribution < -0.4 is 9.62 Å². The summed E-state index contributed by atoms with van der Waals surface area (Å²) in [6, 6.07) is 23.8. The number of carbonyl (C=O) groups excluding carboxylic acids is 2. The number of benzene rings is 3. The lowest BCUT2D eigenvalue weighted by molar-refractivity contribution is -0.140. The van der Waals surface area contributed by atoms with Gasteiger partial charge in [0.25, 0.3) is 0 Å². The molecule has 3 aromatic carbocycles. The van der Waals surface area contributed by atoms with E-state index in [4.69, 9.17) is 0 Å². The number of amides is 2. The zero-order chi connectivity index (χ0) is 29.4. The Kier molecular flexibility index (Phi) is 10.2. The maximum absolute atomic E-state index is 14.2. The normalized spacial score (nSPS) is 14.7. The van der Waals surface area contributed by atoms with Gasteiger partial charge in [-0.2, -0.15) is 0 Å². The third kappa shape index (κ3) is 8.43. The topological polar surface area (TPSA) is 86.8 Å². The number of hydrogen-bond donors (Lipinski definition) is 1. The molecular weight excluding hydrogens is 534 g/mol. The predicted molar refractivity (Wildman–Crippen MR) is 164 cm³/mol. The van der Waals surface area contributed by atoms with Crippen molar-refractivity contribution >= 4 is 27.5 Å². The SMILES string of the molecule is Cc1ccc(N(CC(=O)N(Cc2ccccc2)[C@H](Cc2ccccc2)C(=O)NC2CCCCC2)S(C)(=O)=O)cc1C. The minimum atomic E-state index is -3.79. The van der Waals surface area contributed by atoms with Gasteiger partial charge in [0.1, 0.15) is 12.6 Å². The van der Waals surface area contributed by atoms with Crippen LogP contribution in [0.4, 0.5) is 5.69 Å². The van der Waals surface area contributed by atoms with Crippen LogP contribution in [0.1, 0.15) is 54.4 Å². The summed E-state index contributed by atoms with van der Waals surface area (Å²) in [7, 11) is -3.79. The number of anilines is 1. The van der Waals surface area contributed by atoms with Crippen molar-refractivity contribution in [3.05, 3.63) is 101 Å². The van der Waals surface area contributed by atoms with Crippen LogP contribution in [0.25, 0.3) is 0 Å². The Morgan fingerprint density at radius 2 is 1.46 bits per heavy atom. The Bertz CT molecular complexity index is 1420. The van der Waals surface area contributed by atoms with Gasteiger partial charge in [-0.25, -0.2) is 8.42 Å². The Morgan fingerprint density at radius 3 is 2.05 bits per heavy atom. The fourth-order valence-electron chi connectivity index (χ4n) is 5.37. The van der Waals surface area contributed by atoms with Crippen LogP contribution >= 0.6 is 0 Å². The molecule has 0 radical (unpaired) electrons. The maximum Gasteiger partial charge on any atom is 0.244 e. The van der Waals surface area contributed by atoms with Gasteiger partial charge in [0.2, 0.25) is 21.8 Å². The van der Waals surface area contributed by atoms with Gasteiger partial charge in [-0.15, -0.1) is 0 Å². The molecular formula is C33H41N3O4S. The van der Waals surface area contributed by atoms with Crippen LogP contribution in [0.15, 0.2) is 78.9 Å². The first-order chi connectivity index (χ1) is 19.6. The van der Waals surface area contributed by atoms with E-state index in [0.717, 1.165) is 64.9 Å². The van der Waals surface area contributed by atoms with Gasteiger partial charge < -0.3 is 10.2 Å². The average Bonchev–Trinajstić information content (AvgIpc) is 2.96. The van der Waals surface area contributed by atoms with Crippen LogP contribution in [0.3, 0.4) is 0 Å². The summed E-state index contributed by atoms with van der Waals surface area (Å²) in [6.07, 6.45) is 6.57. The number of nitrogens with zero attached hydrogens (tertiary/aromatic N) is 2. The smallest absolute Gasteiger partial charge is 0.244 e. The Labute approximate surface area is 244 Å². The van der Waals surface area contributed by atoms with Crippen molar-refractivity contribution in [2.24, 2.45) is 0 Å².